The molecule has 0 aliphatic heterocycles. The summed E-state index contributed by atoms with van der Waals surface area (Å²) in [6, 6.07) is 0. The number of hydrogen-bond donors (Lipinski definition) is 0. The second kappa shape index (κ2) is 7.66. The van der Waals surface area contributed by atoms with E-state index in [9.17, 15) is 9.46 Å². The van der Waals surface area contributed by atoms with Crippen LogP contribution < -0.4 is 4.89 Å². The molecule has 12 heavy (non-hydrogen) atoms. The van der Waals surface area contributed by atoms with Crippen LogP contribution in [0.2, 0.25) is 0 Å². The lowest BCUT2D eigenvalue weighted by atomic mass is 10.1. The largest absolute Gasteiger partial charge is 0.566 e. The van der Waals surface area contributed by atoms with Gasteiger partial charge in [0.1, 0.15) is 6.10 Å². The van der Waals surface area contributed by atoms with Crippen LogP contribution in [0.25, 0.3) is 0 Å². The SMILES string of the molecule is CCCCCCC(C)O[P+](=O)[O-]. The quantitative estimate of drug-likeness (QED) is 0.459. The van der Waals surface area contributed by atoms with Crippen molar-refractivity contribution in [2.45, 2.75) is 52.1 Å². The Morgan fingerprint density at radius 2 is 2.08 bits per heavy atom. The van der Waals surface area contributed by atoms with E-state index in [1.165, 1.54) is 19.3 Å². The summed E-state index contributed by atoms with van der Waals surface area (Å²) in [4.78, 5) is 10.1. The molecule has 0 aromatic rings. The first kappa shape index (κ1) is 12.0. The molecule has 0 aliphatic carbocycles. The Hall–Kier alpha value is 0.0200. The van der Waals surface area contributed by atoms with Gasteiger partial charge in [-0.05, 0) is 17.9 Å². The Balaban J connectivity index is 3.19. The number of unbranched alkanes of at least 4 members (excludes halogenated alkanes) is 3. The van der Waals surface area contributed by atoms with E-state index in [-0.39, 0.29) is 6.10 Å². The highest BCUT2D eigenvalue weighted by atomic mass is 31.1. The van der Waals surface area contributed by atoms with Crippen LogP contribution in [0.3, 0.4) is 0 Å². The van der Waals surface area contributed by atoms with Gasteiger partial charge in [-0.1, -0.05) is 32.6 Å². The van der Waals surface area contributed by atoms with Gasteiger partial charge in [-0.25, -0.2) is 0 Å². The molecule has 0 aromatic heterocycles. The molecule has 4 heteroatoms. The topological polar surface area (TPSA) is 49.4 Å². The monoisotopic (exact) mass is 192 g/mol. The molecule has 3 nitrogen and oxygen atoms in total. The summed E-state index contributed by atoms with van der Waals surface area (Å²) in [6.07, 6.45) is 5.32. The molecule has 72 valence electrons. The van der Waals surface area contributed by atoms with E-state index >= 15 is 0 Å². The van der Waals surface area contributed by atoms with Crippen molar-refractivity contribution < 1.29 is 14.0 Å². The minimum atomic E-state index is -2.66. The summed E-state index contributed by atoms with van der Waals surface area (Å²) in [5.74, 6) is 0. The fourth-order valence-electron chi connectivity index (χ4n) is 1.06. The molecule has 0 fully saturated rings. The molecule has 0 saturated heterocycles. The van der Waals surface area contributed by atoms with Crippen molar-refractivity contribution in [1.29, 1.82) is 0 Å². The van der Waals surface area contributed by atoms with E-state index in [2.05, 4.69) is 11.4 Å². The van der Waals surface area contributed by atoms with Crippen LogP contribution in [0.4, 0.5) is 0 Å². The van der Waals surface area contributed by atoms with Gasteiger partial charge in [0, 0.05) is 0 Å². The molecule has 0 N–H and O–H groups in total. The highest BCUT2D eigenvalue weighted by Crippen LogP contribution is 2.17. The van der Waals surface area contributed by atoms with E-state index in [4.69, 9.17) is 0 Å². The fraction of sp³-hybridized carbons (Fsp3) is 1.00. The van der Waals surface area contributed by atoms with E-state index in [1.807, 2.05) is 0 Å². The van der Waals surface area contributed by atoms with Gasteiger partial charge in [0.05, 0.1) is 0 Å². The smallest absolute Gasteiger partial charge is 0.488 e. The molecule has 0 radical (unpaired) electrons. The highest BCUT2D eigenvalue weighted by Gasteiger charge is 2.10. The summed E-state index contributed by atoms with van der Waals surface area (Å²) in [5, 5.41) is 0. The molecular weight excluding hydrogens is 175 g/mol. The summed E-state index contributed by atoms with van der Waals surface area (Å²) in [7, 11) is -2.66. The summed E-state index contributed by atoms with van der Waals surface area (Å²) < 4.78 is 14.7. The third-order valence-electron chi connectivity index (χ3n) is 1.73. The van der Waals surface area contributed by atoms with Gasteiger partial charge < -0.3 is 4.89 Å². The van der Waals surface area contributed by atoms with Crippen molar-refractivity contribution in [3.8, 4) is 0 Å². The summed E-state index contributed by atoms with van der Waals surface area (Å²) in [6.45, 7) is 3.94. The molecule has 0 rings (SSSR count). The maximum Gasteiger partial charge on any atom is 0.488 e. The molecule has 0 bridgehead atoms. The molecular formula is C8H17O3P. The van der Waals surface area contributed by atoms with Gasteiger partial charge in [-0.3, -0.25) is 0 Å². The first-order chi connectivity index (χ1) is 5.66. The van der Waals surface area contributed by atoms with Crippen molar-refractivity contribution in [2.75, 3.05) is 0 Å². The molecule has 0 aromatic carbocycles. The molecule has 0 heterocycles. The van der Waals surface area contributed by atoms with Crippen LogP contribution in [0.15, 0.2) is 0 Å². The Kier molecular flexibility index (Phi) is 7.67. The Bertz CT molecular complexity index is 127. The number of hydrogen-bond acceptors (Lipinski definition) is 3. The third-order valence-corrected chi connectivity index (χ3v) is 2.26. The molecule has 0 spiro atoms. The standard InChI is InChI=1S/C8H17O3P/c1-3-4-5-6-7-8(2)11-12(9)10/h8H,3-7H2,1-2H3. The van der Waals surface area contributed by atoms with E-state index in [0.717, 1.165) is 12.8 Å². The van der Waals surface area contributed by atoms with Crippen LogP contribution >= 0.6 is 8.25 Å². The Morgan fingerprint density at radius 1 is 1.42 bits per heavy atom. The van der Waals surface area contributed by atoms with Gasteiger partial charge in [0.2, 0.25) is 0 Å². The predicted octanol–water partition coefficient (Wildman–Crippen LogP) is 2.38. The van der Waals surface area contributed by atoms with Crippen molar-refractivity contribution in [3.05, 3.63) is 0 Å². The zero-order chi connectivity index (χ0) is 9.40. The van der Waals surface area contributed by atoms with E-state index in [1.54, 1.807) is 6.92 Å². The van der Waals surface area contributed by atoms with E-state index in [0.29, 0.717) is 0 Å². The average Bonchev–Trinajstić information content (AvgIpc) is 1.97. The van der Waals surface area contributed by atoms with Crippen molar-refractivity contribution >= 4 is 8.25 Å². The zero-order valence-corrected chi connectivity index (χ0v) is 8.68. The molecule has 0 amide bonds. The minimum Gasteiger partial charge on any atom is -0.566 e. The summed E-state index contributed by atoms with van der Waals surface area (Å²) >= 11 is 0. The molecule has 2 unspecified atom stereocenters. The third kappa shape index (κ3) is 8.12. The second-order valence-electron chi connectivity index (χ2n) is 2.99. The van der Waals surface area contributed by atoms with Gasteiger partial charge in [-0.15, -0.1) is 4.52 Å². The van der Waals surface area contributed by atoms with Crippen molar-refractivity contribution in [1.82, 2.24) is 0 Å². The predicted molar refractivity (Wildman–Crippen MR) is 46.9 cm³/mol. The maximum atomic E-state index is 10.1. The van der Waals surface area contributed by atoms with Crippen molar-refractivity contribution in [2.24, 2.45) is 0 Å². The normalized spacial score (nSPS) is 14.4. The lowest BCUT2D eigenvalue weighted by molar-refractivity contribution is -0.188. The number of rotatable bonds is 7. The highest BCUT2D eigenvalue weighted by molar-refractivity contribution is 7.30. The van der Waals surface area contributed by atoms with Crippen LogP contribution in [0.5, 0.6) is 0 Å². The maximum absolute atomic E-state index is 10.1. The minimum absolute atomic E-state index is 0.150. The fourth-order valence-corrected chi connectivity index (χ4v) is 1.46. The van der Waals surface area contributed by atoms with Gasteiger partial charge in [0.15, 0.2) is 0 Å². The van der Waals surface area contributed by atoms with Crippen LogP contribution in [-0.4, -0.2) is 6.10 Å². The van der Waals surface area contributed by atoms with Crippen molar-refractivity contribution in [3.63, 3.8) is 0 Å². The molecule has 2 atom stereocenters. The van der Waals surface area contributed by atoms with Crippen LogP contribution in [-0.2, 0) is 9.09 Å². The van der Waals surface area contributed by atoms with Gasteiger partial charge >= 0.3 is 8.25 Å². The summed E-state index contributed by atoms with van der Waals surface area (Å²) in [5.41, 5.74) is 0. The first-order valence-corrected chi connectivity index (χ1v) is 5.57. The van der Waals surface area contributed by atoms with E-state index < -0.39 is 8.25 Å². The van der Waals surface area contributed by atoms with Crippen LogP contribution in [0.1, 0.15) is 46.0 Å². The lowest BCUT2D eigenvalue weighted by Crippen LogP contribution is -2.05. The van der Waals surface area contributed by atoms with Crippen LogP contribution in [0, 0.1) is 0 Å². The molecule has 0 saturated carbocycles. The average molecular weight is 192 g/mol. The lowest BCUT2D eigenvalue weighted by Gasteiger charge is -2.04. The Morgan fingerprint density at radius 3 is 2.58 bits per heavy atom. The molecule has 0 aliphatic rings. The van der Waals surface area contributed by atoms with Gasteiger partial charge in [-0.2, -0.15) is 0 Å². The first-order valence-electron chi connectivity index (χ1n) is 4.48. The Labute approximate surface area is 75.1 Å². The van der Waals surface area contributed by atoms with Gasteiger partial charge in [0.25, 0.3) is 0 Å². The second-order valence-corrected chi connectivity index (χ2v) is 3.65. The zero-order valence-electron chi connectivity index (χ0n) is 7.78.